The van der Waals surface area contributed by atoms with Crippen molar-refractivity contribution in [1.82, 2.24) is 14.5 Å². The van der Waals surface area contributed by atoms with E-state index in [0.29, 0.717) is 21.9 Å². The van der Waals surface area contributed by atoms with Gasteiger partial charge in [0.25, 0.3) is 6.01 Å². The summed E-state index contributed by atoms with van der Waals surface area (Å²) in [5.41, 5.74) is 6.53. The number of hydrogen-bond donors (Lipinski definition) is 2. The second-order valence-corrected chi connectivity index (χ2v) is 8.30. The maximum Gasteiger partial charge on any atom is 0.336 e. The van der Waals surface area contributed by atoms with Gasteiger partial charge in [-0.1, -0.05) is 23.7 Å². The lowest BCUT2D eigenvalue weighted by atomic mass is 10.0. The number of ether oxygens (including phenoxy) is 1. The average molecular weight is 446 g/mol. The molecule has 0 atom stereocenters. The summed E-state index contributed by atoms with van der Waals surface area (Å²) >= 11 is 6.61. The van der Waals surface area contributed by atoms with Crippen LogP contribution in [-0.2, 0) is 7.05 Å². The SMILES string of the molecule is Cc1ccc(Oc2nc3cc(-c4ccc5c(c4)cc(C)n5C)c(Cl)cc3[nH]2)cc1C(=O)O. The summed E-state index contributed by atoms with van der Waals surface area (Å²) in [6.07, 6.45) is 0. The van der Waals surface area contributed by atoms with Crippen LogP contribution in [0.4, 0.5) is 0 Å². The Labute approximate surface area is 189 Å². The Bertz CT molecular complexity index is 1530. The van der Waals surface area contributed by atoms with E-state index in [0.717, 1.165) is 27.5 Å². The molecule has 0 amide bonds. The highest BCUT2D eigenvalue weighted by Crippen LogP contribution is 2.35. The second-order valence-electron chi connectivity index (χ2n) is 7.89. The summed E-state index contributed by atoms with van der Waals surface area (Å²) in [5.74, 6) is -0.608. The number of fused-ring (bicyclic) bond motifs is 2. The Hall–Kier alpha value is -3.77. The Morgan fingerprint density at radius 1 is 1.09 bits per heavy atom. The minimum Gasteiger partial charge on any atom is -0.478 e. The molecule has 5 rings (SSSR count). The minimum atomic E-state index is -1.00. The van der Waals surface area contributed by atoms with Crippen LogP contribution in [0.1, 0.15) is 21.6 Å². The Kier molecular flexibility index (Phi) is 4.68. The van der Waals surface area contributed by atoms with Crippen LogP contribution in [0.25, 0.3) is 33.1 Å². The average Bonchev–Trinajstić information content (AvgIpc) is 3.27. The fourth-order valence-electron chi connectivity index (χ4n) is 3.94. The third-order valence-electron chi connectivity index (χ3n) is 5.80. The first-order valence-corrected chi connectivity index (χ1v) is 10.5. The maximum atomic E-state index is 11.4. The van der Waals surface area contributed by atoms with Gasteiger partial charge in [-0.15, -0.1) is 0 Å². The van der Waals surface area contributed by atoms with Gasteiger partial charge in [0, 0.05) is 29.2 Å². The number of carboxylic acid groups (broad SMARTS) is 1. The molecule has 0 bridgehead atoms. The molecular formula is C25H20ClN3O3. The van der Waals surface area contributed by atoms with Crippen molar-refractivity contribution in [3.63, 3.8) is 0 Å². The molecule has 0 radical (unpaired) electrons. The number of rotatable bonds is 4. The summed E-state index contributed by atoms with van der Waals surface area (Å²) in [6, 6.07) is 17.3. The number of imidazole rings is 1. The Balaban J connectivity index is 1.52. The van der Waals surface area contributed by atoms with Gasteiger partial charge in [-0.3, -0.25) is 0 Å². The van der Waals surface area contributed by atoms with Crippen LogP contribution in [-0.4, -0.2) is 25.6 Å². The number of carbonyl (C=O) groups is 1. The fraction of sp³-hybridized carbons (Fsp3) is 0.120. The number of aromatic nitrogens is 3. The van der Waals surface area contributed by atoms with Gasteiger partial charge in [0.15, 0.2) is 0 Å². The number of hydrogen-bond acceptors (Lipinski definition) is 3. The van der Waals surface area contributed by atoms with Crippen molar-refractivity contribution in [1.29, 1.82) is 0 Å². The van der Waals surface area contributed by atoms with E-state index in [2.05, 4.69) is 52.8 Å². The van der Waals surface area contributed by atoms with E-state index in [4.69, 9.17) is 16.3 Å². The highest BCUT2D eigenvalue weighted by molar-refractivity contribution is 6.34. The number of nitrogens with one attached hydrogen (secondary N) is 1. The highest BCUT2D eigenvalue weighted by atomic mass is 35.5. The molecule has 0 saturated heterocycles. The Morgan fingerprint density at radius 3 is 2.69 bits per heavy atom. The molecule has 0 spiro atoms. The van der Waals surface area contributed by atoms with Crippen LogP contribution in [0, 0.1) is 13.8 Å². The second kappa shape index (κ2) is 7.43. The molecule has 7 heteroatoms. The molecule has 0 fully saturated rings. The van der Waals surface area contributed by atoms with Gasteiger partial charge in [-0.2, -0.15) is 4.98 Å². The summed E-state index contributed by atoms with van der Waals surface area (Å²) in [6.45, 7) is 3.82. The monoisotopic (exact) mass is 445 g/mol. The first-order valence-electron chi connectivity index (χ1n) is 10.1. The van der Waals surface area contributed by atoms with Gasteiger partial charge >= 0.3 is 5.97 Å². The van der Waals surface area contributed by atoms with Crippen LogP contribution >= 0.6 is 11.6 Å². The Morgan fingerprint density at radius 2 is 1.91 bits per heavy atom. The molecule has 2 aromatic heterocycles. The number of halogens is 1. The quantitative estimate of drug-likeness (QED) is 0.331. The van der Waals surface area contributed by atoms with Crippen LogP contribution in [0.15, 0.2) is 54.6 Å². The zero-order valence-corrected chi connectivity index (χ0v) is 18.5. The van der Waals surface area contributed by atoms with Crippen molar-refractivity contribution in [2.75, 3.05) is 0 Å². The van der Waals surface area contributed by atoms with E-state index in [1.54, 1.807) is 19.1 Å². The number of carboxylic acids is 1. The standard InChI is InChI=1S/C25H20ClN3O3/c1-13-4-6-17(10-18(13)24(30)31)32-25-27-21-11-19(20(26)12-22(21)28-25)15-5-7-23-16(9-15)8-14(2)29(23)3/h4-12H,1-3H3,(H,27,28)(H,30,31). The molecular weight excluding hydrogens is 426 g/mol. The van der Waals surface area contributed by atoms with E-state index in [9.17, 15) is 9.90 Å². The van der Waals surface area contributed by atoms with Crippen LogP contribution in [0.5, 0.6) is 11.8 Å². The first kappa shape index (κ1) is 20.2. The molecule has 0 unspecified atom stereocenters. The zero-order valence-electron chi connectivity index (χ0n) is 17.7. The van der Waals surface area contributed by atoms with Gasteiger partial charge in [0.1, 0.15) is 5.75 Å². The number of H-pyrrole nitrogens is 1. The van der Waals surface area contributed by atoms with Gasteiger partial charge in [0.05, 0.1) is 21.6 Å². The van der Waals surface area contributed by atoms with Crippen molar-refractivity contribution < 1.29 is 14.6 Å². The molecule has 2 heterocycles. The number of nitrogens with zero attached hydrogens (tertiary/aromatic N) is 2. The molecule has 160 valence electrons. The molecule has 0 aliphatic heterocycles. The summed E-state index contributed by atoms with van der Waals surface area (Å²) in [7, 11) is 2.05. The highest BCUT2D eigenvalue weighted by Gasteiger charge is 2.14. The van der Waals surface area contributed by atoms with Crippen molar-refractivity contribution in [2.45, 2.75) is 13.8 Å². The molecule has 5 aromatic rings. The third kappa shape index (κ3) is 3.39. The predicted octanol–water partition coefficient (Wildman–Crippen LogP) is 6.48. The molecule has 0 saturated carbocycles. The molecule has 0 aliphatic carbocycles. The number of benzene rings is 3. The van der Waals surface area contributed by atoms with Crippen molar-refractivity contribution in [3.8, 4) is 22.9 Å². The molecule has 0 aliphatic rings. The van der Waals surface area contributed by atoms with Crippen LogP contribution in [0.2, 0.25) is 5.02 Å². The van der Waals surface area contributed by atoms with Gasteiger partial charge in [-0.25, -0.2) is 4.79 Å². The topological polar surface area (TPSA) is 80.1 Å². The van der Waals surface area contributed by atoms with E-state index in [1.807, 2.05) is 12.1 Å². The van der Waals surface area contributed by atoms with Gasteiger partial charge < -0.3 is 19.4 Å². The lowest BCUT2D eigenvalue weighted by Crippen LogP contribution is -2.00. The summed E-state index contributed by atoms with van der Waals surface area (Å²) < 4.78 is 7.95. The number of aromatic amines is 1. The van der Waals surface area contributed by atoms with E-state index in [1.165, 1.54) is 11.8 Å². The normalized spacial score (nSPS) is 11.4. The van der Waals surface area contributed by atoms with Crippen molar-refractivity contribution in [3.05, 3.63) is 76.4 Å². The molecule has 2 N–H and O–H groups in total. The minimum absolute atomic E-state index is 0.190. The largest absolute Gasteiger partial charge is 0.478 e. The smallest absolute Gasteiger partial charge is 0.336 e. The van der Waals surface area contributed by atoms with Crippen LogP contribution < -0.4 is 4.74 Å². The third-order valence-corrected chi connectivity index (χ3v) is 6.11. The lowest BCUT2D eigenvalue weighted by Gasteiger charge is -2.06. The van der Waals surface area contributed by atoms with E-state index < -0.39 is 5.97 Å². The summed E-state index contributed by atoms with van der Waals surface area (Å²) in [4.78, 5) is 19.0. The fourth-order valence-corrected chi connectivity index (χ4v) is 4.21. The first-order chi connectivity index (χ1) is 15.3. The van der Waals surface area contributed by atoms with Crippen LogP contribution in [0.3, 0.4) is 0 Å². The predicted molar refractivity (Wildman–Crippen MR) is 126 cm³/mol. The summed E-state index contributed by atoms with van der Waals surface area (Å²) in [5, 5.41) is 11.1. The van der Waals surface area contributed by atoms with Crippen molar-refractivity contribution in [2.24, 2.45) is 7.05 Å². The zero-order chi connectivity index (χ0) is 22.6. The molecule has 32 heavy (non-hydrogen) atoms. The van der Waals surface area contributed by atoms with E-state index >= 15 is 0 Å². The maximum absolute atomic E-state index is 11.4. The van der Waals surface area contributed by atoms with Crippen molar-refractivity contribution >= 4 is 39.5 Å². The van der Waals surface area contributed by atoms with Gasteiger partial charge in [-0.05, 0) is 67.4 Å². The van der Waals surface area contributed by atoms with E-state index in [-0.39, 0.29) is 11.6 Å². The molecule has 6 nitrogen and oxygen atoms in total. The lowest BCUT2D eigenvalue weighted by molar-refractivity contribution is 0.0695. The number of aryl methyl sites for hydroxylation is 3. The van der Waals surface area contributed by atoms with Gasteiger partial charge in [0.2, 0.25) is 0 Å². The molecule has 3 aromatic carbocycles. The number of aromatic carboxylic acids is 1.